The molecule has 0 bridgehead atoms. The number of fused-ring (bicyclic) bond motifs is 1. The Balaban J connectivity index is 1.41. The van der Waals surface area contributed by atoms with Crippen LogP contribution in [0.3, 0.4) is 0 Å². The standard InChI is InChI=1S/C17H22N4O2/c1-12(15-4-3-14-5-10-22-16(14)11-15)20-6-8-21(9-7-20)17-19-18-13(2)23-17/h3-4,11-12H,5-10H2,1-2H3. The van der Waals surface area contributed by atoms with Crippen LogP contribution in [0.25, 0.3) is 0 Å². The molecule has 1 aromatic carbocycles. The predicted molar refractivity (Wildman–Crippen MR) is 86.9 cm³/mol. The lowest BCUT2D eigenvalue weighted by Gasteiger charge is -2.37. The average molecular weight is 314 g/mol. The van der Waals surface area contributed by atoms with Gasteiger partial charge in [0.15, 0.2) is 0 Å². The van der Waals surface area contributed by atoms with Gasteiger partial charge in [-0.05, 0) is 24.1 Å². The second-order valence-corrected chi connectivity index (χ2v) is 6.27. The summed E-state index contributed by atoms with van der Waals surface area (Å²) < 4.78 is 11.2. The number of ether oxygens (including phenoxy) is 1. The van der Waals surface area contributed by atoms with Gasteiger partial charge in [0.1, 0.15) is 5.75 Å². The normalized spacial score (nSPS) is 19.5. The van der Waals surface area contributed by atoms with Crippen molar-refractivity contribution in [2.45, 2.75) is 26.3 Å². The van der Waals surface area contributed by atoms with Crippen LogP contribution in [0.4, 0.5) is 6.01 Å². The zero-order chi connectivity index (χ0) is 15.8. The van der Waals surface area contributed by atoms with Gasteiger partial charge in [0, 0.05) is 45.6 Å². The molecule has 1 aromatic heterocycles. The largest absolute Gasteiger partial charge is 0.493 e. The molecule has 0 N–H and O–H groups in total. The van der Waals surface area contributed by atoms with E-state index in [1.54, 1.807) is 0 Å². The monoisotopic (exact) mass is 314 g/mol. The molecule has 0 spiro atoms. The number of nitrogens with zero attached hydrogens (tertiary/aromatic N) is 4. The Morgan fingerprint density at radius 1 is 1.13 bits per heavy atom. The highest BCUT2D eigenvalue weighted by Crippen LogP contribution is 2.31. The van der Waals surface area contributed by atoms with Crippen LogP contribution < -0.4 is 9.64 Å². The fraction of sp³-hybridized carbons (Fsp3) is 0.529. The summed E-state index contributed by atoms with van der Waals surface area (Å²) in [5.74, 6) is 1.68. The van der Waals surface area contributed by atoms with Crippen molar-refractivity contribution in [3.63, 3.8) is 0 Å². The molecule has 0 amide bonds. The molecule has 6 nitrogen and oxygen atoms in total. The quantitative estimate of drug-likeness (QED) is 0.866. The molecule has 1 fully saturated rings. The molecule has 0 aliphatic carbocycles. The number of hydrogen-bond acceptors (Lipinski definition) is 6. The van der Waals surface area contributed by atoms with Crippen molar-refractivity contribution < 1.29 is 9.15 Å². The number of anilines is 1. The summed E-state index contributed by atoms with van der Waals surface area (Å²) in [6.07, 6.45) is 1.03. The van der Waals surface area contributed by atoms with Crippen molar-refractivity contribution in [3.05, 3.63) is 35.2 Å². The van der Waals surface area contributed by atoms with Gasteiger partial charge in [-0.2, -0.15) is 0 Å². The van der Waals surface area contributed by atoms with Crippen molar-refractivity contribution in [3.8, 4) is 5.75 Å². The van der Waals surface area contributed by atoms with Crippen LogP contribution in [-0.4, -0.2) is 47.9 Å². The maximum Gasteiger partial charge on any atom is 0.318 e. The second kappa shape index (κ2) is 5.85. The molecule has 0 saturated carbocycles. The number of aromatic nitrogens is 2. The second-order valence-electron chi connectivity index (χ2n) is 6.27. The highest BCUT2D eigenvalue weighted by Gasteiger charge is 2.25. The highest BCUT2D eigenvalue weighted by molar-refractivity contribution is 5.41. The van der Waals surface area contributed by atoms with Crippen LogP contribution in [-0.2, 0) is 6.42 Å². The third-order valence-corrected chi connectivity index (χ3v) is 4.85. The van der Waals surface area contributed by atoms with Gasteiger partial charge < -0.3 is 14.1 Å². The van der Waals surface area contributed by atoms with Gasteiger partial charge in [0.2, 0.25) is 5.89 Å². The molecule has 6 heteroatoms. The Labute approximate surface area is 136 Å². The fourth-order valence-corrected chi connectivity index (χ4v) is 3.37. The first-order valence-electron chi connectivity index (χ1n) is 8.25. The van der Waals surface area contributed by atoms with Crippen LogP contribution >= 0.6 is 0 Å². The predicted octanol–water partition coefficient (Wildman–Crippen LogP) is 2.20. The minimum atomic E-state index is 0.385. The Morgan fingerprint density at radius 2 is 1.96 bits per heavy atom. The Morgan fingerprint density at radius 3 is 2.70 bits per heavy atom. The number of piperazine rings is 1. The van der Waals surface area contributed by atoms with Crippen LogP contribution in [0.2, 0.25) is 0 Å². The Hall–Kier alpha value is -2.08. The third-order valence-electron chi connectivity index (χ3n) is 4.85. The molecule has 0 radical (unpaired) electrons. The number of benzene rings is 1. The molecule has 3 heterocycles. The summed E-state index contributed by atoms with van der Waals surface area (Å²) in [7, 11) is 0. The van der Waals surface area contributed by atoms with E-state index in [4.69, 9.17) is 9.15 Å². The molecule has 23 heavy (non-hydrogen) atoms. The summed E-state index contributed by atoms with van der Waals surface area (Å²) >= 11 is 0. The van der Waals surface area contributed by atoms with Crippen molar-refractivity contribution >= 4 is 6.01 Å². The van der Waals surface area contributed by atoms with E-state index in [2.05, 4.69) is 45.1 Å². The maximum atomic E-state index is 5.70. The molecule has 1 unspecified atom stereocenters. The third kappa shape index (κ3) is 2.79. The van der Waals surface area contributed by atoms with Crippen molar-refractivity contribution in [2.75, 3.05) is 37.7 Å². The zero-order valence-corrected chi connectivity index (χ0v) is 13.7. The van der Waals surface area contributed by atoms with E-state index in [9.17, 15) is 0 Å². The zero-order valence-electron chi connectivity index (χ0n) is 13.7. The average Bonchev–Trinajstić information content (AvgIpc) is 3.22. The molecular formula is C17H22N4O2. The van der Waals surface area contributed by atoms with Gasteiger partial charge in [0.05, 0.1) is 6.61 Å². The molecule has 2 aromatic rings. The van der Waals surface area contributed by atoms with E-state index >= 15 is 0 Å². The molecule has 1 saturated heterocycles. The summed E-state index contributed by atoms with van der Waals surface area (Å²) in [6.45, 7) is 8.70. The first-order chi connectivity index (χ1) is 11.2. The minimum absolute atomic E-state index is 0.385. The summed E-state index contributed by atoms with van der Waals surface area (Å²) in [4.78, 5) is 4.66. The van der Waals surface area contributed by atoms with E-state index in [1.807, 2.05) is 6.92 Å². The SMILES string of the molecule is Cc1nnc(N2CCN(C(C)c3ccc4c(c3)OCC4)CC2)o1. The minimum Gasteiger partial charge on any atom is -0.493 e. The van der Waals surface area contributed by atoms with Crippen LogP contribution in [0.5, 0.6) is 5.75 Å². The molecule has 4 rings (SSSR count). The van der Waals surface area contributed by atoms with Crippen LogP contribution in [0.15, 0.2) is 22.6 Å². The highest BCUT2D eigenvalue weighted by atomic mass is 16.5. The number of hydrogen-bond donors (Lipinski definition) is 0. The summed E-state index contributed by atoms with van der Waals surface area (Å²) in [5, 5.41) is 8.02. The molecular weight excluding hydrogens is 292 g/mol. The lowest BCUT2D eigenvalue weighted by atomic mass is 10.0. The van der Waals surface area contributed by atoms with E-state index in [0.717, 1.165) is 45.0 Å². The Kier molecular flexibility index (Phi) is 3.69. The van der Waals surface area contributed by atoms with E-state index in [1.165, 1.54) is 11.1 Å². The number of rotatable bonds is 3. The van der Waals surface area contributed by atoms with Gasteiger partial charge in [-0.3, -0.25) is 4.90 Å². The van der Waals surface area contributed by atoms with Crippen molar-refractivity contribution in [1.29, 1.82) is 0 Å². The lowest BCUT2D eigenvalue weighted by Crippen LogP contribution is -2.47. The Bertz CT molecular complexity index is 692. The molecule has 1 atom stereocenters. The summed E-state index contributed by atoms with van der Waals surface area (Å²) in [5.41, 5.74) is 2.66. The first kappa shape index (κ1) is 14.5. The van der Waals surface area contributed by atoms with Gasteiger partial charge in [-0.1, -0.05) is 17.2 Å². The van der Waals surface area contributed by atoms with Gasteiger partial charge >= 0.3 is 6.01 Å². The molecule has 2 aliphatic heterocycles. The van der Waals surface area contributed by atoms with Crippen LogP contribution in [0.1, 0.15) is 30.0 Å². The summed E-state index contributed by atoms with van der Waals surface area (Å²) in [6, 6.07) is 7.69. The van der Waals surface area contributed by atoms with E-state index < -0.39 is 0 Å². The first-order valence-corrected chi connectivity index (χ1v) is 8.25. The van der Waals surface area contributed by atoms with E-state index in [-0.39, 0.29) is 0 Å². The van der Waals surface area contributed by atoms with Gasteiger partial charge in [0.25, 0.3) is 0 Å². The fourth-order valence-electron chi connectivity index (χ4n) is 3.37. The topological polar surface area (TPSA) is 54.6 Å². The van der Waals surface area contributed by atoms with Crippen molar-refractivity contribution in [1.82, 2.24) is 15.1 Å². The van der Waals surface area contributed by atoms with E-state index in [0.29, 0.717) is 17.9 Å². The lowest BCUT2D eigenvalue weighted by molar-refractivity contribution is 0.195. The van der Waals surface area contributed by atoms with Gasteiger partial charge in [-0.25, -0.2) is 0 Å². The molecule has 2 aliphatic rings. The smallest absolute Gasteiger partial charge is 0.318 e. The van der Waals surface area contributed by atoms with Gasteiger partial charge in [-0.15, -0.1) is 5.10 Å². The molecule has 122 valence electrons. The maximum absolute atomic E-state index is 5.70. The van der Waals surface area contributed by atoms with Crippen molar-refractivity contribution in [2.24, 2.45) is 0 Å². The van der Waals surface area contributed by atoms with Crippen LogP contribution in [0, 0.1) is 6.92 Å². The number of aryl methyl sites for hydroxylation is 1.